The molecular weight excluding hydrogens is 815 g/mol. The number of nitrogens with zero attached hydrogens (tertiary/aromatic N) is 7. The van der Waals surface area contributed by atoms with Crippen LogP contribution in [0.2, 0.25) is 0 Å². The normalized spacial score (nSPS) is 11.0. The fourth-order valence-electron chi connectivity index (χ4n) is 3.62. The van der Waals surface area contributed by atoms with E-state index in [9.17, 15) is 35.1 Å². The monoisotopic (exact) mass is 835 g/mol. The summed E-state index contributed by atoms with van der Waals surface area (Å²) in [5.41, 5.74) is 1.51. The number of aromatic nitrogens is 7. The summed E-state index contributed by atoms with van der Waals surface area (Å²) in [4.78, 5) is 11.8. The van der Waals surface area contributed by atoms with Crippen LogP contribution in [0.4, 0.5) is 35.1 Å². The van der Waals surface area contributed by atoms with E-state index in [2.05, 4.69) is 41.4 Å². The SMILES string of the molecule is Cc1ccnc(-c2cc(C(F)(F)F)n[n-]2)c1.Cc1ccnc(-c2cc(C(F)(F)F)n[n-]2)c1.Fc1c[c-]c(-c2ccccn2)c(F)c1.[Ir+3]. The predicted octanol–water partition coefficient (Wildman–Crippen LogP) is 7.68. The fourth-order valence-corrected chi connectivity index (χ4v) is 3.62. The second-order valence-corrected chi connectivity index (χ2v) is 9.42. The summed E-state index contributed by atoms with van der Waals surface area (Å²) in [5.74, 6) is -1.29. The summed E-state index contributed by atoms with van der Waals surface area (Å²) >= 11 is 0. The van der Waals surface area contributed by atoms with Crippen LogP contribution in [0, 0.1) is 31.5 Å². The molecule has 16 heteroatoms. The van der Waals surface area contributed by atoms with Crippen molar-refractivity contribution in [2.75, 3.05) is 0 Å². The summed E-state index contributed by atoms with van der Waals surface area (Å²) in [5, 5.41) is 13.1. The molecule has 0 aliphatic carbocycles. The van der Waals surface area contributed by atoms with Crippen molar-refractivity contribution in [1.29, 1.82) is 0 Å². The zero-order chi connectivity index (χ0) is 33.5. The Kier molecular flexibility index (Phi) is 12.2. The van der Waals surface area contributed by atoms with Crippen LogP contribution in [-0.2, 0) is 32.5 Å². The number of halogens is 8. The molecule has 0 aliphatic rings. The summed E-state index contributed by atoms with van der Waals surface area (Å²) in [6, 6.07) is 18.1. The Morgan fingerprint density at radius 1 is 0.617 bits per heavy atom. The molecule has 0 radical (unpaired) electrons. The molecule has 0 bridgehead atoms. The van der Waals surface area contributed by atoms with Crippen LogP contribution in [0.15, 0.2) is 85.3 Å². The van der Waals surface area contributed by atoms with Crippen molar-refractivity contribution < 1.29 is 55.2 Å². The van der Waals surface area contributed by atoms with E-state index in [0.29, 0.717) is 17.1 Å². The van der Waals surface area contributed by atoms with Gasteiger partial charge in [-0.2, -0.15) is 26.3 Å². The van der Waals surface area contributed by atoms with E-state index < -0.39 is 35.4 Å². The minimum Gasteiger partial charge on any atom is -0.573 e. The van der Waals surface area contributed by atoms with Gasteiger partial charge in [0.1, 0.15) is 11.4 Å². The molecule has 0 atom stereocenters. The van der Waals surface area contributed by atoms with Gasteiger partial charge >= 0.3 is 32.5 Å². The van der Waals surface area contributed by atoms with E-state index in [1.54, 1.807) is 48.7 Å². The van der Waals surface area contributed by atoms with Crippen LogP contribution in [-0.4, -0.2) is 25.1 Å². The van der Waals surface area contributed by atoms with Crippen LogP contribution in [0.25, 0.3) is 34.0 Å². The molecule has 5 heterocycles. The van der Waals surface area contributed by atoms with E-state index in [-0.39, 0.29) is 37.1 Å². The van der Waals surface area contributed by atoms with Gasteiger partial charge in [0.2, 0.25) is 0 Å². The molecule has 0 N–H and O–H groups in total. The molecule has 244 valence electrons. The van der Waals surface area contributed by atoms with Crippen molar-refractivity contribution in [2.24, 2.45) is 0 Å². The first-order valence-corrected chi connectivity index (χ1v) is 13.0. The summed E-state index contributed by atoms with van der Waals surface area (Å²) in [6.45, 7) is 3.65. The molecule has 0 saturated heterocycles. The van der Waals surface area contributed by atoms with Crippen LogP contribution < -0.4 is 10.2 Å². The van der Waals surface area contributed by atoms with Gasteiger partial charge in [-0.3, -0.25) is 18.7 Å². The molecule has 6 aromatic rings. The van der Waals surface area contributed by atoms with Crippen molar-refractivity contribution in [2.45, 2.75) is 26.2 Å². The topological polar surface area (TPSA) is 92.6 Å². The maximum absolute atomic E-state index is 13.2. The summed E-state index contributed by atoms with van der Waals surface area (Å²) in [7, 11) is 0. The minimum absolute atomic E-state index is 0. The maximum atomic E-state index is 13.2. The molecule has 0 amide bonds. The van der Waals surface area contributed by atoms with Crippen molar-refractivity contribution in [3.63, 3.8) is 0 Å². The van der Waals surface area contributed by atoms with Crippen molar-refractivity contribution in [3.05, 3.63) is 126 Å². The molecule has 47 heavy (non-hydrogen) atoms. The molecule has 6 rings (SSSR count). The van der Waals surface area contributed by atoms with E-state index in [0.717, 1.165) is 35.4 Å². The van der Waals surface area contributed by atoms with Gasteiger partial charge in [-0.1, -0.05) is 35.2 Å². The summed E-state index contributed by atoms with van der Waals surface area (Å²) < 4.78 is 99.4. The van der Waals surface area contributed by atoms with Gasteiger partial charge in [0.15, 0.2) is 0 Å². The smallest absolute Gasteiger partial charge is 0.573 e. The van der Waals surface area contributed by atoms with E-state index in [4.69, 9.17) is 0 Å². The third-order valence-electron chi connectivity index (χ3n) is 5.79. The number of hydrogen-bond donors (Lipinski definition) is 0. The Morgan fingerprint density at radius 3 is 1.49 bits per heavy atom. The van der Waals surface area contributed by atoms with E-state index in [1.165, 1.54) is 12.4 Å². The van der Waals surface area contributed by atoms with Gasteiger partial charge < -0.3 is 25.4 Å². The minimum atomic E-state index is -4.46. The van der Waals surface area contributed by atoms with Crippen LogP contribution in [0.3, 0.4) is 0 Å². The quantitative estimate of drug-likeness (QED) is 0.134. The second-order valence-electron chi connectivity index (χ2n) is 9.42. The van der Waals surface area contributed by atoms with Gasteiger partial charge in [-0.15, -0.1) is 12.1 Å². The van der Waals surface area contributed by atoms with Gasteiger partial charge in [0.05, 0.1) is 0 Å². The average Bonchev–Trinajstić information content (AvgIpc) is 3.70. The number of alkyl halides is 6. The molecule has 1 aromatic carbocycles. The number of benzene rings is 1. The Bertz CT molecular complexity index is 1790. The number of aryl methyl sites for hydroxylation is 2. The number of pyridine rings is 3. The molecule has 0 spiro atoms. The first-order chi connectivity index (χ1) is 21.7. The Morgan fingerprint density at radius 2 is 1.11 bits per heavy atom. The summed E-state index contributed by atoms with van der Waals surface area (Å²) in [6.07, 6.45) is -4.34. The third-order valence-corrected chi connectivity index (χ3v) is 5.79. The zero-order valence-corrected chi connectivity index (χ0v) is 26.5. The zero-order valence-electron chi connectivity index (χ0n) is 24.1. The number of rotatable bonds is 3. The average molecular weight is 835 g/mol. The largest absolute Gasteiger partial charge is 3.00 e. The van der Waals surface area contributed by atoms with Gasteiger partial charge in [0.25, 0.3) is 0 Å². The Labute approximate surface area is 275 Å². The molecule has 0 unspecified atom stereocenters. The Balaban J connectivity index is 0.000000190. The molecule has 7 nitrogen and oxygen atoms in total. The number of hydrogen-bond acceptors (Lipinski definition) is 5. The second kappa shape index (κ2) is 15.6. The first-order valence-electron chi connectivity index (χ1n) is 13.0. The van der Waals surface area contributed by atoms with Crippen molar-refractivity contribution in [1.82, 2.24) is 35.3 Å². The molecule has 0 aliphatic heterocycles. The van der Waals surface area contributed by atoms with Gasteiger partial charge in [0, 0.05) is 41.6 Å². The van der Waals surface area contributed by atoms with Gasteiger partial charge in [-0.05, 0) is 73.1 Å². The molecule has 0 saturated carbocycles. The standard InChI is InChI=1S/C11H6F2N.2C10H7F3N3.Ir/c12-8-4-5-9(10(13)7-8)11-3-1-2-6-14-11;2*1-6-2-3-14-7(4-6)8-5-9(16-15-8)10(11,12)13;/h1-4,6-7H;2*2-5H,1H3;/q3*-1;+3. The molecular formula is C31H20F8IrN7. The first kappa shape index (κ1) is 36.6. The van der Waals surface area contributed by atoms with Gasteiger partial charge in [-0.25, -0.2) is 0 Å². The van der Waals surface area contributed by atoms with E-state index >= 15 is 0 Å². The van der Waals surface area contributed by atoms with Crippen LogP contribution in [0.5, 0.6) is 0 Å². The predicted molar refractivity (Wildman–Crippen MR) is 149 cm³/mol. The maximum Gasteiger partial charge on any atom is 3.00 e. The molecule has 5 aromatic heterocycles. The Hall–Kier alpha value is -4.82. The van der Waals surface area contributed by atoms with Crippen LogP contribution in [0.1, 0.15) is 22.5 Å². The van der Waals surface area contributed by atoms with Crippen molar-refractivity contribution in [3.8, 4) is 34.0 Å². The van der Waals surface area contributed by atoms with Crippen molar-refractivity contribution >= 4 is 0 Å². The van der Waals surface area contributed by atoms with Crippen LogP contribution >= 0.6 is 0 Å². The third kappa shape index (κ3) is 10.3. The fraction of sp³-hybridized carbons (Fsp3) is 0.129. The molecule has 0 fully saturated rings. The van der Waals surface area contributed by atoms with E-state index in [1.807, 2.05) is 13.8 Å².